The molecule has 1 aliphatic heterocycles. The van der Waals surface area contributed by atoms with Gasteiger partial charge in [-0.25, -0.2) is 0 Å². The Morgan fingerprint density at radius 2 is 1.90 bits per heavy atom. The first-order chi connectivity index (χ1) is 9.61. The number of nitrogens with zero attached hydrogens (tertiary/aromatic N) is 1. The second-order valence-electron chi connectivity index (χ2n) is 5.56. The number of halogens is 1. The van der Waals surface area contributed by atoms with Crippen LogP contribution in [0.5, 0.6) is 0 Å². The molecule has 0 aromatic heterocycles. The zero-order valence-corrected chi connectivity index (χ0v) is 13.4. The molecular weight excluding hydrogens is 367 g/mol. The van der Waals surface area contributed by atoms with E-state index in [2.05, 4.69) is 27.9 Å². The molecule has 0 atom stereocenters. The minimum atomic E-state index is -0.658. The summed E-state index contributed by atoms with van der Waals surface area (Å²) in [6.45, 7) is 0.126. The molecule has 1 spiro atoms. The zero-order chi connectivity index (χ0) is 14.2. The fourth-order valence-corrected chi connectivity index (χ4v) is 3.71. The van der Waals surface area contributed by atoms with Gasteiger partial charge in [-0.05, 0) is 53.6 Å². The van der Waals surface area contributed by atoms with Gasteiger partial charge in [0.05, 0.1) is 0 Å². The van der Waals surface area contributed by atoms with Crippen LogP contribution in [0.1, 0.15) is 32.1 Å². The van der Waals surface area contributed by atoms with Crippen LogP contribution in [-0.2, 0) is 9.59 Å². The molecule has 1 N–H and O–H groups in total. The van der Waals surface area contributed by atoms with Crippen molar-refractivity contribution in [3.63, 3.8) is 0 Å². The lowest BCUT2D eigenvalue weighted by Gasteiger charge is -2.44. The maximum Gasteiger partial charge on any atom is 0.253 e. The monoisotopic (exact) mass is 384 g/mol. The van der Waals surface area contributed by atoms with Crippen molar-refractivity contribution in [2.75, 3.05) is 11.4 Å². The number of amides is 2. The molecule has 2 amide bonds. The van der Waals surface area contributed by atoms with Gasteiger partial charge in [0.1, 0.15) is 12.1 Å². The molecule has 0 radical (unpaired) electrons. The van der Waals surface area contributed by atoms with E-state index in [0.717, 1.165) is 41.4 Å². The third kappa shape index (κ3) is 2.43. The Labute approximate surface area is 132 Å². The highest BCUT2D eigenvalue weighted by Gasteiger charge is 2.47. The highest BCUT2D eigenvalue weighted by molar-refractivity contribution is 14.1. The molecule has 4 nitrogen and oxygen atoms in total. The highest BCUT2D eigenvalue weighted by Crippen LogP contribution is 2.33. The molecule has 2 aliphatic rings. The predicted octanol–water partition coefficient (Wildman–Crippen LogP) is 2.46. The first-order valence-electron chi connectivity index (χ1n) is 6.99. The number of piperazine rings is 1. The van der Waals surface area contributed by atoms with E-state index >= 15 is 0 Å². The number of hydrogen-bond acceptors (Lipinski definition) is 2. The van der Waals surface area contributed by atoms with E-state index in [4.69, 9.17) is 0 Å². The molecule has 2 fully saturated rings. The summed E-state index contributed by atoms with van der Waals surface area (Å²) in [5.41, 5.74) is 0.163. The van der Waals surface area contributed by atoms with Crippen LogP contribution >= 0.6 is 22.6 Å². The molecule has 1 aromatic carbocycles. The summed E-state index contributed by atoms with van der Waals surface area (Å²) in [6.07, 6.45) is 4.68. The topological polar surface area (TPSA) is 49.4 Å². The van der Waals surface area contributed by atoms with E-state index < -0.39 is 5.54 Å². The average Bonchev–Trinajstić information content (AvgIpc) is 2.44. The molecule has 1 saturated carbocycles. The number of nitrogens with one attached hydrogen (secondary N) is 1. The fourth-order valence-electron chi connectivity index (χ4n) is 3.18. The van der Waals surface area contributed by atoms with Crippen molar-refractivity contribution in [3.05, 3.63) is 27.8 Å². The van der Waals surface area contributed by atoms with E-state index in [1.54, 1.807) is 4.90 Å². The van der Waals surface area contributed by atoms with Gasteiger partial charge in [-0.3, -0.25) is 9.59 Å². The third-order valence-electron chi connectivity index (χ3n) is 4.16. The summed E-state index contributed by atoms with van der Waals surface area (Å²) in [5.74, 6) is 0.00385. The SMILES string of the molecule is O=C1CN(c2cccc(I)c2)C(=O)C2(CCCCC2)N1. The van der Waals surface area contributed by atoms with Crippen molar-refractivity contribution in [2.24, 2.45) is 0 Å². The third-order valence-corrected chi connectivity index (χ3v) is 4.83. The molecule has 106 valence electrons. The smallest absolute Gasteiger partial charge is 0.253 e. The molecule has 0 bridgehead atoms. The van der Waals surface area contributed by atoms with Crippen molar-refractivity contribution >= 4 is 40.1 Å². The molecule has 1 aromatic rings. The van der Waals surface area contributed by atoms with Crippen molar-refractivity contribution in [1.82, 2.24) is 5.32 Å². The predicted molar refractivity (Wildman–Crippen MR) is 85.5 cm³/mol. The zero-order valence-electron chi connectivity index (χ0n) is 11.2. The van der Waals surface area contributed by atoms with Crippen molar-refractivity contribution in [3.8, 4) is 0 Å². The lowest BCUT2D eigenvalue weighted by atomic mass is 9.79. The van der Waals surface area contributed by atoms with Gasteiger partial charge in [0.2, 0.25) is 5.91 Å². The van der Waals surface area contributed by atoms with Crippen molar-refractivity contribution in [1.29, 1.82) is 0 Å². The van der Waals surface area contributed by atoms with Gasteiger partial charge < -0.3 is 10.2 Å². The van der Waals surface area contributed by atoms with Gasteiger partial charge in [-0.2, -0.15) is 0 Å². The Hall–Kier alpha value is -1.11. The lowest BCUT2D eigenvalue weighted by Crippen LogP contribution is -2.67. The summed E-state index contributed by atoms with van der Waals surface area (Å²) in [7, 11) is 0. The minimum absolute atomic E-state index is 0.0506. The van der Waals surface area contributed by atoms with Crippen LogP contribution in [0.3, 0.4) is 0 Å². The van der Waals surface area contributed by atoms with E-state index in [0.29, 0.717) is 0 Å². The van der Waals surface area contributed by atoms with Gasteiger partial charge in [0, 0.05) is 9.26 Å². The standard InChI is InChI=1S/C15H17IN2O2/c16-11-5-4-6-12(9-11)18-10-13(19)17-15(14(18)20)7-2-1-3-8-15/h4-6,9H,1-3,7-8,10H2,(H,17,19). The normalized spacial score (nSPS) is 21.9. The van der Waals surface area contributed by atoms with Crippen LogP contribution in [0, 0.1) is 3.57 Å². The van der Waals surface area contributed by atoms with Crippen LogP contribution in [0.15, 0.2) is 24.3 Å². The largest absolute Gasteiger partial charge is 0.340 e. The van der Waals surface area contributed by atoms with Gasteiger partial charge in [-0.1, -0.05) is 25.3 Å². The summed E-state index contributed by atoms with van der Waals surface area (Å²) < 4.78 is 1.07. The number of rotatable bonds is 1. The Kier molecular flexibility index (Phi) is 3.70. The van der Waals surface area contributed by atoms with Gasteiger partial charge in [0.15, 0.2) is 0 Å². The molecule has 5 heteroatoms. The van der Waals surface area contributed by atoms with Crippen LogP contribution in [0.4, 0.5) is 5.69 Å². The van der Waals surface area contributed by atoms with E-state index in [1.807, 2.05) is 24.3 Å². The van der Waals surface area contributed by atoms with Gasteiger partial charge in [-0.15, -0.1) is 0 Å². The fraction of sp³-hybridized carbons (Fsp3) is 0.467. The molecular formula is C15H17IN2O2. The summed E-state index contributed by atoms with van der Waals surface area (Å²) in [6, 6.07) is 7.75. The van der Waals surface area contributed by atoms with E-state index in [1.165, 1.54) is 0 Å². The number of benzene rings is 1. The first kappa shape index (κ1) is 13.9. The maximum atomic E-state index is 12.9. The molecule has 1 heterocycles. The van der Waals surface area contributed by atoms with Crippen LogP contribution < -0.4 is 10.2 Å². The van der Waals surface area contributed by atoms with Gasteiger partial charge in [0.25, 0.3) is 5.91 Å². The molecule has 20 heavy (non-hydrogen) atoms. The minimum Gasteiger partial charge on any atom is -0.340 e. The molecule has 0 unspecified atom stereocenters. The Morgan fingerprint density at radius 3 is 2.60 bits per heavy atom. The lowest BCUT2D eigenvalue weighted by molar-refractivity contribution is -0.137. The van der Waals surface area contributed by atoms with Crippen molar-refractivity contribution < 1.29 is 9.59 Å². The molecule has 1 aliphatic carbocycles. The summed E-state index contributed by atoms with van der Waals surface area (Å²) >= 11 is 2.22. The molecule has 3 rings (SSSR count). The van der Waals surface area contributed by atoms with Crippen LogP contribution in [0.2, 0.25) is 0 Å². The van der Waals surface area contributed by atoms with Gasteiger partial charge >= 0.3 is 0 Å². The van der Waals surface area contributed by atoms with E-state index in [9.17, 15) is 9.59 Å². The second-order valence-corrected chi connectivity index (χ2v) is 6.81. The van der Waals surface area contributed by atoms with Crippen molar-refractivity contribution in [2.45, 2.75) is 37.6 Å². The maximum absolute atomic E-state index is 12.9. The summed E-state index contributed by atoms with van der Waals surface area (Å²) in [5, 5.41) is 2.96. The number of carbonyl (C=O) groups is 2. The number of anilines is 1. The Balaban J connectivity index is 1.95. The number of carbonyl (C=O) groups excluding carboxylic acids is 2. The average molecular weight is 384 g/mol. The number of hydrogen-bond donors (Lipinski definition) is 1. The van der Waals surface area contributed by atoms with Crippen LogP contribution in [0.25, 0.3) is 0 Å². The second kappa shape index (κ2) is 5.35. The van der Waals surface area contributed by atoms with Crippen LogP contribution in [-0.4, -0.2) is 23.9 Å². The van der Waals surface area contributed by atoms with E-state index in [-0.39, 0.29) is 18.4 Å². The Bertz CT molecular complexity index is 553. The summed E-state index contributed by atoms with van der Waals surface area (Å²) in [4.78, 5) is 26.6. The quantitative estimate of drug-likeness (QED) is 0.757. The molecule has 1 saturated heterocycles. The highest BCUT2D eigenvalue weighted by atomic mass is 127. The Morgan fingerprint density at radius 1 is 1.15 bits per heavy atom. The first-order valence-corrected chi connectivity index (χ1v) is 8.07.